The van der Waals surface area contributed by atoms with Gasteiger partial charge in [-0.3, -0.25) is 4.79 Å². The van der Waals surface area contributed by atoms with E-state index in [9.17, 15) is 4.79 Å². The maximum absolute atomic E-state index is 11.5. The average Bonchev–Trinajstić information content (AvgIpc) is 2.36. The van der Waals surface area contributed by atoms with Gasteiger partial charge in [0.05, 0.1) is 0 Å². The molecule has 0 rings (SSSR count). The Morgan fingerprint density at radius 1 is 1.16 bits per heavy atom. The van der Waals surface area contributed by atoms with E-state index in [2.05, 4.69) is 39.0 Å². The van der Waals surface area contributed by atoms with E-state index in [0.29, 0.717) is 12.3 Å². The van der Waals surface area contributed by atoms with Crippen molar-refractivity contribution >= 4 is 5.97 Å². The van der Waals surface area contributed by atoms with Crippen LogP contribution in [0.2, 0.25) is 0 Å². The van der Waals surface area contributed by atoms with Crippen LogP contribution < -0.4 is 0 Å². The molecule has 0 aromatic rings. The van der Waals surface area contributed by atoms with Gasteiger partial charge in [0.25, 0.3) is 0 Å². The van der Waals surface area contributed by atoms with E-state index in [1.807, 2.05) is 13.0 Å². The van der Waals surface area contributed by atoms with Crippen molar-refractivity contribution in [3.8, 4) is 0 Å². The molecule has 0 amide bonds. The van der Waals surface area contributed by atoms with Crippen LogP contribution in [0.5, 0.6) is 0 Å². The lowest BCUT2D eigenvalue weighted by Gasteiger charge is -2.17. The maximum Gasteiger partial charge on any atom is 0.306 e. The summed E-state index contributed by atoms with van der Waals surface area (Å²) in [7, 11) is 0. The highest BCUT2D eigenvalue weighted by Gasteiger charge is 2.14. The average molecular weight is 266 g/mol. The third kappa shape index (κ3) is 10.5. The molecular formula is C17H30O2. The van der Waals surface area contributed by atoms with Gasteiger partial charge in [0.1, 0.15) is 6.10 Å². The molecule has 0 saturated carbocycles. The fourth-order valence-electron chi connectivity index (χ4n) is 1.73. The predicted molar refractivity (Wildman–Crippen MR) is 82.0 cm³/mol. The van der Waals surface area contributed by atoms with E-state index >= 15 is 0 Å². The van der Waals surface area contributed by atoms with Crippen LogP contribution in [0.3, 0.4) is 0 Å². The van der Waals surface area contributed by atoms with Gasteiger partial charge < -0.3 is 4.74 Å². The van der Waals surface area contributed by atoms with Crippen molar-refractivity contribution in [3.63, 3.8) is 0 Å². The van der Waals surface area contributed by atoms with Crippen LogP contribution in [-0.2, 0) is 9.53 Å². The molecule has 19 heavy (non-hydrogen) atoms. The van der Waals surface area contributed by atoms with Crippen molar-refractivity contribution < 1.29 is 9.53 Å². The molecule has 2 nitrogen and oxygen atoms in total. The summed E-state index contributed by atoms with van der Waals surface area (Å²) in [6.45, 7) is 8.21. The first kappa shape index (κ1) is 17.9. The normalized spacial score (nSPS) is 13.5. The van der Waals surface area contributed by atoms with Gasteiger partial charge in [0, 0.05) is 6.42 Å². The Hall–Kier alpha value is -1.05. The molecule has 0 aliphatic rings. The first-order valence-corrected chi connectivity index (χ1v) is 7.59. The molecule has 2 heteroatoms. The number of hydrogen-bond donors (Lipinski definition) is 0. The number of unbranched alkanes of at least 4 members (excludes halogenated alkanes) is 3. The summed E-state index contributed by atoms with van der Waals surface area (Å²) in [5.41, 5.74) is 0. The van der Waals surface area contributed by atoms with E-state index in [4.69, 9.17) is 4.74 Å². The van der Waals surface area contributed by atoms with Crippen LogP contribution in [0.25, 0.3) is 0 Å². The largest absolute Gasteiger partial charge is 0.458 e. The van der Waals surface area contributed by atoms with E-state index < -0.39 is 0 Å². The zero-order valence-electron chi connectivity index (χ0n) is 13.0. The van der Waals surface area contributed by atoms with Crippen LogP contribution in [0.1, 0.15) is 66.2 Å². The highest BCUT2D eigenvalue weighted by atomic mass is 16.5. The topological polar surface area (TPSA) is 26.3 Å². The minimum Gasteiger partial charge on any atom is -0.458 e. The number of rotatable bonds is 10. The predicted octanol–water partition coefficient (Wildman–Crippen LogP) is 5.05. The second-order valence-electron chi connectivity index (χ2n) is 5.23. The Bertz CT molecular complexity index is 277. The summed E-state index contributed by atoms with van der Waals surface area (Å²) in [4.78, 5) is 11.5. The molecule has 0 aliphatic carbocycles. The van der Waals surface area contributed by atoms with Crippen molar-refractivity contribution in [2.24, 2.45) is 5.92 Å². The number of esters is 1. The first-order valence-electron chi connectivity index (χ1n) is 7.59. The van der Waals surface area contributed by atoms with E-state index in [1.54, 1.807) is 0 Å². The Kier molecular flexibility index (Phi) is 11.3. The summed E-state index contributed by atoms with van der Waals surface area (Å²) in [5, 5.41) is 0. The Labute approximate surface area is 118 Å². The van der Waals surface area contributed by atoms with E-state index in [-0.39, 0.29) is 12.1 Å². The Balaban J connectivity index is 3.95. The number of carbonyl (C=O) groups is 1. The number of allylic oxidation sites excluding steroid dienone is 3. The molecule has 0 aromatic carbocycles. The molecule has 0 spiro atoms. The summed E-state index contributed by atoms with van der Waals surface area (Å²) in [6, 6.07) is 0. The highest BCUT2D eigenvalue weighted by molar-refractivity contribution is 5.69. The van der Waals surface area contributed by atoms with Crippen molar-refractivity contribution in [1.82, 2.24) is 0 Å². The van der Waals surface area contributed by atoms with Crippen LogP contribution in [-0.4, -0.2) is 12.1 Å². The summed E-state index contributed by atoms with van der Waals surface area (Å²) >= 11 is 0. The van der Waals surface area contributed by atoms with Crippen LogP contribution in [0, 0.1) is 5.92 Å². The maximum atomic E-state index is 11.5. The highest BCUT2D eigenvalue weighted by Crippen LogP contribution is 2.11. The number of carbonyl (C=O) groups excluding carboxylic acids is 1. The SMILES string of the molecule is CC=CCCCCC=CC(OC(=O)CCC)C(C)C. The molecule has 0 aliphatic heterocycles. The van der Waals surface area contributed by atoms with Gasteiger partial charge in [-0.05, 0) is 51.0 Å². The lowest BCUT2D eigenvalue weighted by atomic mass is 10.1. The zero-order valence-corrected chi connectivity index (χ0v) is 13.0. The van der Waals surface area contributed by atoms with Gasteiger partial charge in [-0.25, -0.2) is 0 Å². The Morgan fingerprint density at radius 2 is 1.79 bits per heavy atom. The van der Waals surface area contributed by atoms with Gasteiger partial charge >= 0.3 is 5.97 Å². The molecule has 110 valence electrons. The van der Waals surface area contributed by atoms with E-state index in [1.165, 1.54) is 12.8 Å². The van der Waals surface area contributed by atoms with Gasteiger partial charge in [0.2, 0.25) is 0 Å². The van der Waals surface area contributed by atoms with Crippen LogP contribution in [0.4, 0.5) is 0 Å². The minimum absolute atomic E-state index is 0.0745. The van der Waals surface area contributed by atoms with Gasteiger partial charge in [-0.1, -0.05) is 39.0 Å². The quantitative estimate of drug-likeness (QED) is 0.314. The fraction of sp³-hybridized carbons (Fsp3) is 0.706. The minimum atomic E-state index is -0.0843. The first-order chi connectivity index (χ1) is 9.11. The monoisotopic (exact) mass is 266 g/mol. The second kappa shape index (κ2) is 12.0. The second-order valence-corrected chi connectivity index (χ2v) is 5.23. The van der Waals surface area contributed by atoms with Crippen molar-refractivity contribution in [2.45, 2.75) is 72.3 Å². The van der Waals surface area contributed by atoms with Crippen molar-refractivity contribution in [1.29, 1.82) is 0 Å². The number of hydrogen-bond acceptors (Lipinski definition) is 2. The molecule has 0 heterocycles. The fourth-order valence-corrected chi connectivity index (χ4v) is 1.73. The lowest BCUT2D eigenvalue weighted by Crippen LogP contribution is -2.21. The molecule has 0 radical (unpaired) electrons. The van der Waals surface area contributed by atoms with Gasteiger partial charge in [0.15, 0.2) is 0 Å². The lowest BCUT2D eigenvalue weighted by molar-refractivity contribution is -0.148. The van der Waals surface area contributed by atoms with Gasteiger partial charge in [-0.15, -0.1) is 0 Å². The molecule has 0 aromatic heterocycles. The molecule has 1 unspecified atom stereocenters. The Morgan fingerprint density at radius 3 is 2.32 bits per heavy atom. The van der Waals surface area contributed by atoms with Crippen LogP contribution in [0.15, 0.2) is 24.3 Å². The molecule has 0 saturated heterocycles. The summed E-state index contributed by atoms with van der Waals surface area (Å²) in [6.07, 6.45) is 14.4. The molecular weight excluding hydrogens is 236 g/mol. The molecule has 0 N–H and O–H groups in total. The summed E-state index contributed by atoms with van der Waals surface area (Å²) < 4.78 is 5.46. The third-order valence-corrected chi connectivity index (χ3v) is 2.93. The summed E-state index contributed by atoms with van der Waals surface area (Å²) in [5.74, 6) is 0.249. The van der Waals surface area contributed by atoms with Crippen molar-refractivity contribution in [3.05, 3.63) is 24.3 Å². The molecule has 0 fully saturated rings. The number of ether oxygens (including phenoxy) is 1. The smallest absolute Gasteiger partial charge is 0.306 e. The molecule has 1 atom stereocenters. The van der Waals surface area contributed by atoms with E-state index in [0.717, 1.165) is 19.3 Å². The molecule has 0 bridgehead atoms. The zero-order chi connectivity index (χ0) is 14.5. The third-order valence-electron chi connectivity index (χ3n) is 2.93. The van der Waals surface area contributed by atoms with Crippen LogP contribution >= 0.6 is 0 Å². The standard InChI is InChI=1S/C17H30O2/c1-5-7-8-9-10-11-12-14-16(15(3)4)19-17(18)13-6-2/h5,7,12,14-16H,6,8-11,13H2,1-4H3. The van der Waals surface area contributed by atoms with Crippen molar-refractivity contribution in [2.75, 3.05) is 0 Å². The van der Waals surface area contributed by atoms with Gasteiger partial charge in [-0.2, -0.15) is 0 Å².